The SMILES string of the molecule is CCC(CNC(=O)Cc1cccc(COC)c1)(C(=O)O)c1ccccc1. The second-order valence-corrected chi connectivity index (χ2v) is 6.31. The lowest BCUT2D eigenvalue weighted by atomic mass is 9.78. The summed E-state index contributed by atoms with van der Waals surface area (Å²) in [5.74, 6) is -1.14. The molecular weight excluding hydrogens is 330 g/mol. The summed E-state index contributed by atoms with van der Waals surface area (Å²) in [5, 5.41) is 12.6. The molecule has 0 aliphatic carbocycles. The molecule has 0 aliphatic rings. The Morgan fingerprint density at radius 1 is 1.08 bits per heavy atom. The van der Waals surface area contributed by atoms with E-state index < -0.39 is 11.4 Å². The molecule has 0 saturated carbocycles. The van der Waals surface area contributed by atoms with Gasteiger partial charge in [-0.2, -0.15) is 0 Å². The van der Waals surface area contributed by atoms with Gasteiger partial charge in [0.25, 0.3) is 0 Å². The normalized spacial score (nSPS) is 13.0. The van der Waals surface area contributed by atoms with E-state index in [1.165, 1.54) is 0 Å². The highest BCUT2D eigenvalue weighted by atomic mass is 16.5. The Labute approximate surface area is 154 Å². The lowest BCUT2D eigenvalue weighted by Gasteiger charge is -2.29. The van der Waals surface area contributed by atoms with Crippen LogP contribution in [0, 0.1) is 0 Å². The van der Waals surface area contributed by atoms with Gasteiger partial charge in [-0.25, -0.2) is 0 Å². The monoisotopic (exact) mass is 355 g/mol. The molecule has 0 radical (unpaired) electrons. The van der Waals surface area contributed by atoms with E-state index in [0.29, 0.717) is 18.6 Å². The number of amides is 1. The number of carboxylic acids is 1. The van der Waals surface area contributed by atoms with Gasteiger partial charge in [0.15, 0.2) is 0 Å². The Hall–Kier alpha value is -2.66. The number of aliphatic carboxylic acids is 1. The van der Waals surface area contributed by atoms with E-state index in [2.05, 4.69) is 5.32 Å². The van der Waals surface area contributed by atoms with E-state index in [4.69, 9.17) is 4.74 Å². The zero-order chi connectivity index (χ0) is 19.0. The number of ether oxygens (including phenoxy) is 1. The van der Waals surface area contributed by atoms with E-state index in [9.17, 15) is 14.7 Å². The molecule has 1 atom stereocenters. The van der Waals surface area contributed by atoms with Crippen molar-refractivity contribution in [2.45, 2.75) is 31.8 Å². The maximum absolute atomic E-state index is 12.4. The lowest BCUT2D eigenvalue weighted by Crippen LogP contribution is -2.46. The number of nitrogens with one attached hydrogen (secondary N) is 1. The molecule has 0 bridgehead atoms. The third-order valence-electron chi connectivity index (χ3n) is 4.59. The number of carboxylic acid groups (broad SMARTS) is 1. The maximum atomic E-state index is 12.4. The summed E-state index contributed by atoms with van der Waals surface area (Å²) >= 11 is 0. The first-order valence-electron chi connectivity index (χ1n) is 8.64. The molecule has 26 heavy (non-hydrogen) atoms. The van der Waals surface area contributed by atoms with E-state index in [0.717, 1.165) is 11.1 Å². The topological polar surface area (TPSA) is 75.6 Å². The van der Waals surface area contributed by atoms with Gasteiger partial charge < -0.3 is 15.2 Å². The van der Waals surface area contributed by atoms with Crippen molar-refractivity contribution in [3.8, 4) is 0 Å². The molecule has 0 spiro atoms. The molecule has 2 aromatic rings. The molecule has 0 aromatic heterocycles. The van der Waals surface area contributed by atoms with Gasteiger partial charge in [0.2, 0.25) is 5.91 Å². The predicted octanol–water partition coefficient (Wildman–Crippen LogP) is 2.92. The smallest absolute Gasteiger partial charge is 0.315 e. The number of benzene rings is 2. The lowest BCUT2D eigenvalue weighted by molar-refractivity contribution is -0.144. The Morgan fingerprint density at radius 3 is 2.38 bits per heavy atom. The minimum atomic E-state index is -1.13. The van der Waals surface area contributed by atoms with Crippen LogP contribution in [0.3, 0.4) is 0 Å². The van der Waals surface area contributed by atoms with Crippen LogP contribution >= 0.6 is 0 Å². The van der Waals surface area contributed by atoms with Crippen molar-refractivity contribution >= 4 is 11.9 Å². The van der Waals surface area contributed by atoms with Crippen LogP contribution in [0.2, 0.25) is 0 Å². The second kappa shape index (κ2) is 9.15. The highest BCUT2D eigenvalue weighted by molar-refractivity contribution is 5.84. The van der Waals surface area contributed by atoms with Crippen molar-refractivity contribution in [3.63, 3.8) is 0 Å². The predicted molar refractivity (Wildman–Crippen MR) is 99.9 cm³/mol. The van der Waals surface area contributed by atoms with Gasteiger partial charge in [-0.05, 0) is 23.1 Å². The third-order valence-corrected chi connectivity index (χ3v) is 4.59. The highest BCUT2D eigenvalue weighted by Crippen LogP contribution is 2.27. The van der Waals surface area contributed by atoms with Crippen molar-refractivity contribution in [1.82, 2.24) is 5.32 Å². The van der Waals surface area contributed by atoms with Crippen LogP contribution in [0.5, 0.6) is 0 Å². The van der Waals surface area contributed by atoms with Crippen LogP contribution in [-0.2, 0) is 32.8 Å². The fourth-order valence-electron chi connectivity index (χ4n) is 3.03. The van der Waals surface area contributed by atoms with Gasteiger partial charge in [-0.3, -0.25) is 9.59 Å². The fourth-order valence-corrected chi connectivity index (χ4v) is 3.03. The van der Waals surface area contributed by atoms with Crippen LogP contribution in [0.15, 0.2) is 54.6 Å². The number of hydrogen-bond acceptors (Lipinski definition) is 3. The summed E-state index contributed by atoms with van der Waals surface area (Å²) in [5.41, 5.74) is 1.43. The minimum absolute atomic E-state index is 0.0550. The first-order chi connectivity index (χ1) is 12.5. The van der Waals surface area contributed by atoms with Gasteiger partial charge >= 0.3 is 5.97 Å². The van der Waals surface area contributed by atoms with Gasteiger partial charge in [0.05, 0.1) is 13.0 Å². The van der Waals surface area contributed by atoms with Crippen molar-refractivity contribution in [1.29, 1.82) is 0 Å². The van der Waals surface area contributed by atoms with E-state index in [-0.39, 0.29) is 18.9 Å². The summed E-state index contributed by atoms with van der Waals surface area (Å²) in [7, 11) is 1.62. The molecular formula is C21H25NO4. The summed E-state index contributed by atoms with van der Waals surface area (Å²) in [6, 6.07) is 16.7. The van der Waals surface area contributed by atoms with Crippen LogP contribution in [-0.4, -0.2) is 30.6 Å². The first kappa shape index (κ1) is 19.7. The van der Waals surface area contributed by atoms with Gasteiger partial charge in [0, 0.05) is 13.7 Å². The maximum Gasteiger partial charge on any atom is 0.315 e. The van der Waals surface area contributed by atoms with Crippen LogP contribution < -0.4 is 5.32 Å². The molecule has 0 saturated heterocycles. The Morgan fingerprint density at radius 2 is 1.77 bits per heavy atom. The van der Waals surface area contributed by atoms with Gasteiger partial charge in [0.1, 0.15) is 5.41 Å². The van der Waals surface area contributed by atoms with Gasteiger partial charge in [-0.1, -0.05) is 61.5 Å². The average molecular weight is 355 g/mol. The molecule has 138 valence electrons. The van der Waals surface area contributed by atoms with Crippen molar-refractivity contribution in [3.05, 3.63) is 71.3 Å². The molecule has 1 unspecified atom stereocenters. The standard InChI is InChI=1S/C21H25NO4/c1-3-21(20(24)25,18-10-5-4-6-11-18)15-22-19(23)13-16-8-7-9-17(12-16)14-26-2/h4-12H,3,13-15H2,1-2H3,(H,22,23)(H,24,25). The molecule has 0 aliphatic heterocycles. The quantitative estimate of drug-likeness (QED) is 0.725. The molecule has 2 rings (SSSR count). The molecule has 5 heteroatoms. The average Bonchev–Trinajstić information content (AvgIpc) is 2.64. The summed E-state index contributed by atoms with van der Waals surface area (Å²) < 4.78 is 5.10. The Bertz CT molecular complexity index is 745. The molecule has 0 fully saturated rings. The largest absolute Gasteiger partial charge is 0.481 e. The fraction of sp³-hybridized carbons (Fsp3) is 0.333. The number of carbonyl (C=O) groups is 2. The van der Waals surface area contributed by atoms with Crippen molar-refractivity contribution in [2.75, 3.05) is 13.7 Å². The Kier molecular flexibility index (Phi) is 6.92. The zero-order valence-electron chi connectivity index (χ0n) is 15.2. The van der Waals surface area contributed by atoms with Crippen LogP contribution in [0.25, 0.3) is 0 Å². The number of hydrogen-bond donors (Lipinski definition) is 2. The highest BCUT2D eigenvalue weighted by Gasteiger charge is 2.38. The summed E-state index contributed by atoms with van der Waals surface area (Å²) in [4.78, 5) is 24.3. The Balaban J connectivity index is 2.08. The minimum Gasteiger partial charge on any atom is -0.481 e. The van der Waals surface area contributed by atoms with Crippen molar-refractivity contribution in [2.24, 2.45) is 0 Å². The van der Waals surface area contributed by atoms with Crippen LogP contribution in [0.1, 0.15) is 30.0 Å². The molecule has 2 aromatic carbocycles. The van der Waals surface area contributed by atoms with E-state index >= 15 is 0 Å². The summed E-state index contributed by atoms with van der Waals surface area (Å²) in [6.07, 6.45) is 0.585. The van der Waals surface area contributed by atoms with Gasteiger partial charge in [-0.15, -0.1) is 0 Å². The zero-order valence-corrected chi connectivity index (χ0v) is 15.2. The first-order valence-corrected chi connectivity index (χ1v) is 8.64. The molecule has 0 heterocycles. The van der Waals surface area contributed by atoms with E-state index in [1.807, 2.05) is 49.4 Å². The van der Waals surface area contributed by atoms with Crippen LogP contribution in [0.4, 0.5) is 0 Å². The number of rotatable bonds is 9. The molecule has 2 N–H and O–H groups in total. The second-order valence-electron chi connectivity index (χ2n) is 6.31. The molecule has 1 amide bonds. The van der Waals surface area contributed by atoms with E-state index in [1.54, 1.807) is 19.2 Å². The third kappa shape index (κ3) is 4.70. The number of carbonyl (C=O) groups excluding carboxylic acids is 1. The summed E-state index contributed by atoms with van der Waals surface area (Å²) in [6.45, 7) is 2.36. The van der Waals surface area contributed by atoms with Crippen molar-refractivity contribution < 1.29 is 19.4 Å². The number of methoxy groups -OCH3 is 1. The molecule has 5 nitrogen and oxygen atoms in total.